The van der Waals surface area contributed by atoms with Gasteiger partial charge in [0, 0.05) is 30.7 Å². The minimum Gasteiger partial charge on any atom is -0.371 e. The number of likely N-dealkylation sites (tertiary alicyclic amines) is 1. The largest absolute Gasteiger partial charge is 0.371 e. The molecule has 4 heterocycles. The van der Waals surface area contributed by atoms with E-state index in [-0.39, 0.29) is 11.8 Å². The average molecular weight is 470 g/mol. The predicted molar refractivity (Wildman–Crippen MR) is 137 cm³/mol. The van der Waals surface area contributed by atoms with Crippen LogP contribution in [0, 0.1) is 29.6 Å². The highest BCUT2D eigenvalue weighted by Crippen LogP contribution is 2.38. The lowest BCUT2D eigenvalue weighted by atomic mass is 9.91. The number of carbonyl (C=O) groups excluding carboxylic acids is 1. The van der Waals surface area contributed by atoms with Crippen LogP contribution in [0.3, 0.4) is 0 Å². The van der Waals surface area contributed by atoms with Gasteiger partial charge in [0.15, 0.2) is 11.6 Å². The molecule has 2 atom stereocenters. The second-order valence-corrected chi connectivity index (χ2v) is 9.82. The molecule has 1 aliphatic heterocycles. The number of fused-ring (bicyclic) bond motifs is 1. The van der Waals surface area contributed by atoms with E-state index in [9.17, 15) is 4.79 Å². The summed E-state index contributed by atoms with van der Waals surface area (Å²) in [5.74, 6) is 8.60. The molecule has 8 heteroatoms. The molecular weight excluding hydrogens is 438 g/mol. The fraction of sp³-hybridized carbons (Fsp3) is 0.444. The number of nitrogens with one attached hydrogen (secondary N) is 2. The number of pyridine rings is 2. The van der Waals surface area contributed by atoms with E-state index >= 15 is 0 Å². The zero-order valence-electron chi connectivity index (χ0n) is 20.5. The van der Waals surface area contributed by atoms with Gasteiger partial charge in [-0.05, 0) is 81.3 Å². The van der Waals surface area contributed by atoms with E-state index in [4.69, 9.17) is 0 Å². The Morgan fingerprint density at radius 2 is 1.94 bits per heavy atom. The summed E-state index contributed by atoms with van der Waals surface area (Å²) in [6.45, 7) is 4.42. The van der Waals surface area contributed by atoms with Crippen LogP contribution in [-0.4, -0.2) is 58.2 Å². The summed E-state index contributed by atoms with van der Waals surface area (Å²) in [6.07, 6.45) is 8.13. The van der Waals surface area contributed by atoms with Gasteiger partial charge >= 0.3 is 0 Å². The van der Waals surface area contributed by atoms with Crippen LogP contribution in [0.25, 0.3) is 10.9 Å². The Balaban J connectivity index is 1.35. The Labute approximate surface area is 205 Å². The second-order valence-electron chi connectivity index (χ2n) is 9.82. The molecule has 0 radical (unpaired) electrons. The Kier molecular flexibility index (Phi) is 6.60. The van der Waals surface area contributed by atoms with Crippen LogP contribution in [0.2, 0.25) is 0 Å². The molecule has 3 aromatic rings. The van der Waals surface area contributed by atoms with Gasteiger partial charge in [0.25, 0.3) is 0 Å². The summed E-state index contributed by atoms with van der Waals surface area (Å²) >= 11 is 0. The highest BCUT2D eigenvalue weighted by molar-refractivity contribution is 5.97. The second kappa shape index (κ2) is 9.96. The lowest BCUT2D eigenvalue weighted by molar-refractivity contribution is -0.117. The van der Waals surface area contributed by atoms with Crippen LogP contribution in [0.1, 0.15) is 43.0 Å². The first-order chi connectivity index (χ1) is 17.0. The first-order valence-electron chi connectivity index (χ1n) is 12.3. The Bertz CT molecular complexity index is 1290. The van der Waals surface area contributed by atoms with Crippen molar-refractivity contribution >= 4 is 28.4 Å². The number of hydrogen-bond donors (Lipinski definition) is 2. The van der Waals surface area contributed by atoms with Crippen LogP contribution in [0.4, 0.5) is 11.6 Å². The summed E-state index contributed by atoms with van der Waals surface area (Å²) in [7, 11) is 3.98. The molecule has 0 bridgehead atoms. The number of carbonyl (C=O) groups is 1. The molecule has 35 heavy (non-hydrogen) atoms. The van der Waals surface area contributed by atoms with E-state index in [1.54, 1.807) is 13.2 Å². The molecule has 5 rings (SSSR count). The monoisotopic (exact) mass is 469 g/mol. The first kappa shape index (κ1) is 23.2. The van der Waals surface area contributed by atoms with E-state index in [0.717, 1.165) is 24.1 Å². The molecule has 8 nitrogen and oxygen atoms in total. The SMILES string of the molecule is CNc1ncc(C#Cc2ccc(CC3CCN(C)CC3)cn2)c2cc(NC(=O)[C@H]3C[C@H]3C)nnc12. The summed E-state index contributed by atoms with van der Waals surface area (Å²) < 4.78 is 0. The molecular formula is C27H31N7O. The third-order valence-corrected chi connectivity index (χ3v) is 7.08. The van der Waals surface area contributed by atoms with Gasteiger partial charge in [-0.15, -0.1) is 10.2 Å². The normalized spacial score (nSPS) is 20.2. The molecule has 0 unspecified atom stereocenters. The van der Waals surface area contributed by atoms with Crippen LogP contribution in [0.5, 0.6) is 0 Å². The quantitative estimate of drug-likeness (QED) is 0.553. The number of piperidine rings is 1. The van der Waals surface area contributed by atoms with Crippen molar-refractivity contribution < 1.29 is 4.79 Å². The maximum absolute atomic E-state index is 12.4. The zero-order chi connectivity index (χ0) is 24.4. The Morgan fingerprint density at radius 1 is 1.14 bits per heavy atom. The standard InChI is InChI=1S/C27H31N7O/c1-17-12-22(17)27(35)31-24-14-23-20(16-30-26(28-2)25(23)33-32-24)5-7-21-6-4-19(15-29-21)13-18-8-10-34(3)11-9-18/h4,6,14-18,22H,8-13H2,1-3H3,(H,28,30)(H,31,32,35)/t17-,22+/m1/s1. The zero-order valence-corrected chi connectivity index (χ0v) is 20.5. The van der Waals surface area contributed by atoms with Crippen molar-refractivity contribution in [1.29, 1.82) is 0 Å². The lowest BCUT2D eigenvalue weighted by Crippen LogP contribution is -2.30. The highest BCUT2D eigenvalue weighted by Gasteiger charge is 2.39. The van der Waals surface area contributed by atoms with Crippen molar-refractivity contribution in [1.82, 2.24) is 25.1 Å². The van der Waals surface area contributed by atoms with Crippen molar-refractivity contribution in [3.05, 3.63) is 47.4 Å². The average Bonchev–Trinajstić information content (AvgIpc) is 3.61. The fourth-order valence-corrected chi connectivity index (χ4v) is 4.63. The number of rotatable bonds is 5. The number of anilines is 2. The summed E-state index contributed by atoms with van der Waals surface area (Å²) in [5, 5.41) is 15.2. The van der Waals surface area contributed by atoms with E-state index in [2.05, 4.69) is 67.6 Å². The van der Waals surface area contributed by atoms with Crippen molar-refractivity contribution in [2.24, 2.45) is 17.8 Å². The molecule has 0 aromatic carbocycles. The maximum Gasteiger partial charge on any atom is 0.228 e. The van der Waals surface area contributed by atoms with Gasteiger partial charge in [0.2, 0.25) is 5.91 Å². The Morgan fingerprint density at radius 3 is 2.63 bits per heavy atom. The van der Waals surface area contributed by atoms with Crippen molar-refractivity contribution in [3.8, 4) is 11.8 Å². The van der Waals surface area contributed by atoms with Gasteiger partial charge in [-0.1, -0.05) is 18.9 Å². The summed E-state index contributed by atoms with van der Waals surface area (Å²) in [4.78, 5) is 23.8. The minimum absolute atomic E-state index is 0.00813. The first-order valence-corrected chi connectivity index (χ1v) is 12.3. The molecule has 1 amide bonds. The number of aromatic nitrogens is 4. The van der Waals surface area contributed by atoms with Crippen LogP contribution in [-0.2, 0) is 11.2 Å². The van der Waals surface area contributed by atoms with Crippen molar-refractivity contribution in [3.63, 3.8) is 0 Å². The van der Waals surface area contributed by atoms with Gasteiger partial charge in [0.1, 0.15) is 11.2 Å². The van der Waals surface area contributed by atoms with E-state index < -0.39 is 0 Å². The van der Waals surface area contributed by atoms with Gasteiger partial charge in [-0.3, -0.25) is 4.79 Å². The molecule has 3 aromatic heterocycles. The number of amides is 1. The van der Waals surface area contributed by atoms with Gasteiger partial charge in [0.05, 0.1) is 5.56 Å². The number of nitrogens with zero attached hydrogens (tertiary/aromatic N) is 5. The fourth-order valence-electron chi connectivity index (χ4n) is 4.63. The summed E-state index contributed by atoms with van der Waals surface area (Å²) in [6, 6.07) is 5.93. The van der Waals surface area contributed by atoms with Crippen molar-refractivity contribution in [2.75, 3.05) is 37.8 Å². The number of hydrogen-bond acceptors (Lipinski definition) is 7. The van der Waals surface area contributed by atoms with Gasteiger partial charge in [-0.2, -0.15) is 0 Å². The molecule has 2 aliphatic rings. The van der Waals surface area contributed by atoms with Gasteiger partial charge in [-0.25, -0.2) is 9.97 Å². The van der Waals surface area contributed by atoms with E-state index in [1.165, 1.54) is 31.5 Å². The van der Waals surface area contributed by atoms with Crippen LogP contribution in [0.15, 0.2) is 30.6 Å². The molecule has 1 saturated heterocycles. The maximum atomic E-state index is 12.4. The van der Waals surface area contributed by atoms with E-state index in [1.807, 2.05) is 18.3 Å². The molecule has 180 valence electrons. The third-order valence-electron chi connectivity index (χ3n) is 7.08. The lowest BCUT2D eigenvalue weighted by Gasteiger charge is -2.28. The molecule has 1 aliphatic carbocycles. The molecule has 1 saturated carbocycles. The Hall–Kier alpha value is -3.57. The van der Waals surface area contributed by atoms with Gasteiger partial charge < -0.3 is 15.5 Å². The van der Waals surface area contributed by atoms with E-state index in [0.29, 0.717) is 34.3 Å². The minimum atomic E-state index is -0.00813. The highest BCUT2D eigenvalue weighted by atomic mass is 16.2. The predicted octanol–water partition coefficient (Wildman–Crippen LogP) is 3.34. The molecule has 0 spiro atoms. The topological polar surface area (TPSA) is 95.9 Å². The van der Waals surface area contributed by atoms with Crippen LogP contribution < -0.4 is 10.6 Å². The summed E-state index contributed by atoms with van der Waals surface area (Å²) in [5.41, 5.74) is 3.29. The molecule has 2 N–H and O–H groups in total. The smallest absolute Gasteiger partial charge is 0.228 e. The van der Waals surface area contributed by atoms with Crippen molar-refractivity contribution in [2.45, 2.75) is 32.6 Å². The molecule has 2 fully saturated rings. The third kappa shape index (κ3) is 5.41. The van der Waals surface area contributed by atoms with Crippen LogP contribution >= 0.6 is 0 Å².